The molecule has 0 bridgehead atoms. The normalized spacial score (nSPS) is 13.3. The first-order chi connectivity index (χ1) is 19.2. The van der Waals surface area contributed by atoms with Crippen LogP contribution in [0.1, 0.15) is 81.2 Å². The molecule has 238 valence electrons. The molecule has 0 saturated carbocycles. The molecule has 2 N–H and O–H groups in total. The third-order valence-corrected chi connectivity index (χ3v) is 5.36. The van der Waals surface area contributed by atoms with Gasteiger partial charge in [0, 0.05) is 0 Å². The van der Waals surface area contributed by atoms with E-state index in [4.69, 9.17) is 38.9 Å². The number of benzene rings is 1. The highest BCUT2D eigenvalue weighted by molar-refractivity contribution is 5.76. The van der Waals surface area contributed by atoms with E-state index in [1.807, 2.05) is 48.5 Å². The van der Waals surface area contributed by atoms with Crippen molar-refractivity contribution >= 4 is 24.4 Å². The molecule has 1 rings (SSSR count). The van der Waals surface area contributed by atoms with Gasteiger partial charge in [0.15, 0.2) is 11.5 Å². The van der Waals surface area contributed by atoms with Crippen LogP contribution >= 0.6 is 0 Å². The monoisotopic (exact) mass is 597 g/mol. The van der Waals surface area contributed by atoms with Gasteiger partial charge < -0.3 is 38.9 Å². The second-order valence-electron chi connectivity index (χ2n) is 13.0. The lowest BCUT2D eigenvalue weighted by atomic mass is 9.99. The van der Waals surface area contributed by atoms with Gasteiger partial charge in [-0.1, -0.05) is 54.5 Å². The van der Waals surface area contributed by atoms with Gasteiger partial charge in [-0.3, -0.25) is 4.79 Å². The molecular formula is C30H47NO11. The quantitative estimate of drug-likeness (QED) is 0.172. The second-order valence-corrected chi connectivity index (χ2v) is 13.0. The Kier molecular flexibility index (Phi) is 13.6. The van der Waals surface area contributed by atoms with Crippen LogP contribution in [-0.4, -0.2) is 62.0 Å². The first-order valence-corrected chi connectivity index (χ1v) is 13.8. The minimum Gasteiger partial charge on any atom is -0.458 e. The fraction of sp³-hybridized carbons (Fsp3) is 0.667. The van der Waals surface area contributed by atoms with Crippen molar-refractivity contribution in [2.45, 2.75) is 99.8 Å². The Bertz CT molecular complexity index is 1070. The van der Waals surface area contributed by atoms with E-state index >= 15 is 0 Å². The fourth-order valence-corrected chi connectivity index (χ4v) is 2.80. The molecule has 0 unspecified atom stereocenters. The number of carbonyl (C=O) groups excluding carboxylic acids is 4. The standard InChI is InChI=1S/C30H47NO11/c1-11-30(9,10)42-27(35)36-16-19(2)39-24(32)21(31)14-20-12-13-22(40-25(33)37-17-28(3,4)5)23(15-20)41-26(34)38-18-29(6,7)8/h12-13,15,19,21H,11,14,16-18,31H2,1-10H3/t19-,21-/m0/s1. The Labute approximate surface area is 248 Å². The van der Waals surface area contributed by atoms with Crippen LogP contribution in [0.15, 0.2) is 18.2 Å². The smallest absolute Gasteiger partial charge is 0.458 e. The minimum atomic E-state index is -1.11. The lowest BCUT2D eigenvalue weighted by Gasteiger charge is -2.23. The van der Waals surface area contributed by atoms with Gasteiger partial charge in [0.1, 0.15) is 24.4 Å². The van der Waals surface area contributed by atoms with Crippen LogP contribution in [0.2, 0.25) is 0 Å². The largest absolute Gasteiger partial charge is 0.513 e. The zero-order valence-electron chi connectivity index (χ0n) is 26.5. The van der Waals surface area contributed by atoms with Crippen molar-refractivity contribution in [2.24, 2.45) is 16.6 Å². The van der Waals surface area contributed by atoms with Crippen LogP contribution in [0.3, 0.4) is 0 Å². The SMILES string of the molecule is CCC(C)(C)OC(=O)OC[C@H](C)OC(=O)[C@@H](N)Cc1ccc(OC(=O)OCC(C)(C)C)c(OC(=O)OCC(C)(C)C)c1. The number of hydrogen-bond donors (Lipinski definition) is 1. The Morgan fingerprint density at radius 2 is 1.31 bits per heavy atom. The molecule has 2 atom stereocenters. The first kappa shape index (κ1) is 36.5. The summed E-state index contributed by atoms with van der Waals surface area (Å²) in [5.74, 6) is -0.966. The van der Waals surface area contributed by atoms with Crippen LogP contribution < -0.4 is 15.2 Å². The highest BCUT2D eigenvalue weighted by Gasteiger charge is 2.25. The summed E-state index contributed by atoms with van der Waals surface area (Å²) >= 11 is 0. The van der Waals surface area contributed by atoms with Crippen LogP contribution in [-0.2, 0) is 34.9 Å². The summed E-state index contributed by atoms with van der Waals surface area (Å²) in [6, 6.07) is 3.22. The predicted molar refractivity (Wildman–Crippen MR) is 153 cm³/mol. The lowest BCUT2D eigenvalue weighted by Crippen LogP contribution is -2.37. The van der Waals surface area contributed by atoms with Crippen molar-refractivity contribution in [3.63, 3.8) is 0 Å². The number of nitrogens with two attached hydrogens (primary N) is 1. The maximum Gasteiger partial charge on any atom is 0.513 e. The Balaban J connectivity index is 2.90. The second kappa shape index (κ2) is 15.6. The van der Waals surface area contributed by atoms with Crippen LogP contribution in [0.4, 0.5) is 14.4 Å². The van der Waals surface area contributed by atoms with Gasteiger partial charge in [0.25, 0.3) is 0 Å². The van der Waals surface area contributed by atoms with Crippen molar-refractivity contribution in [2.75, 3.05) is 19.8 Å². The number of rotatable bonds is 12. The third kappa shape index (κ3) is 15.5. The molecule has 1 aromatic rings. The molecule has 12 nitrogen and oxygen atoms in total. The van der Waals surface area contributed by atoms with E-state index in [2.05, 4.69) is 0 Å². The van der Waals surface area contributed by atoms with Crippen molar-refractivity contribution in [3.8, 4) is 11.5 Å². The van der Waals surface area contributed by atoms with Crippen molar-refractivity contribution in [1.82, 2.24) is 0 Å². The van der Waals surface area contributed by atoms with E-state index in [0.717, 1.165) is 0 Å². The average molecular weight is 598 g/mol. The van der Waals surface area contributed by atoms with Gasteiger partial charge in [0.2, 0.25) is 0 Å². The van der Waals surface area contributed by atoms with E-state index in [0.29, 0.717) is 12.0 Å². The van der Waals surface area contributed by atoms with E-state index in [1.165, 1.54) is 12.1 Å². The Morgan fingerprint density at radius 3 is 1.81 bits per heavy atom. The van der Waals surface area contributed by atoms with Gasteiger partial charge in [-0.25, -0.2) is 14.4 Å². The Hall–Kier alpha value is -3.54. The molecule has 0 heterocycles. The number of esters is 1. The summed E-state index contributed by atoms with van der Waals surface area (Å²) in [6.45, 7) is 18.2. The zero-order chi connectivity index (χ0) is 32.3. The van der Waals surface area contributed by atoms with Gasteiger partial charge in [-0.15, -0.1) is 0 Å². The van der Waals surface area contributed by atoms with Crippen molar-refractivity contribution < 1.29 is 52.3 Å². The maximum absolute atomic E-state index is 12.6. The van der Waals surface area contributed by atoms with E-state index in [9.17, 15) is 19.2 Å². The third-order valence-electron chi connectivity index (χ3n) is 5.36. The van der Waals surface area contributed by atoms with Gasteiger partial charge in [-0.2, -0.15) is 0 Å². The number of carbonyl (C=O) groups is 4. The minimum absolute atomic E-state index is 0.0126. The molecule has 0 aromatic heterocycles. The van der Waals surface area contributed by atoms with E-state index < -0.39 is 42.2 Å². The van der Waals surface area contributed by atoms with Gasteiger partial charge >= 0.3 is 24.4 Å². The molecule has 0 aliphatic carbocycles. The average Bonchev–Trinajstić information content (AvgIpc) is 2.85. The molecule has 0 aliphatic rings. The zero-order valence-corrected chi connectivity index (χ0v) is 26.5. The van der Waals surface area contributed by atoms with E-state index in [-0.39, 0.29) is 48.6 Å². The highest BCUT2D eigenvalue weighted by Crippen LogP contribution is 2.30. The van der Waals surface area contributed by atoms with E-state index in [1.54, 1.807) is 26.8 Å². The van der Waals surface area contributed by atoms with Gasteiger partial charge in [-0.05, 0) is 62.1 Å². The highest BCUT2D eigenvalue weighted by atomic mass is 16.8. The fourth-order valence-electron chi connectivity index (χ4n) is 2.80. The number of ether oxygens (including phenoxy) is 7. The summed E-state index contributed by atoms with van der Waals surface area (Å²) < 4.78 is 36.4. The van der Waals surface area contributed by atoms with Crippen LogP contribution in [0, 0.1) is 10.8 Å². The molecule has 12 heteroatoms. The molecule has 1 aromatic carbocycles. The summed E-state index contributed by atoms with van der Waals surface area (Å²) in [5, 5.41) is 0. The summed E-state index contributed by atoms with van der Waals surface area (Å²) in [4.78, 5) is 49.0. The molecule has 0 radical (unpaired) electrons. The molecule has 0 amide bonds. The van der Waals surface area contributed by atoms with Crippen LogP contribution in [0.25, 0.3) is 0 Å². The topological polar surface area (TPSA) is 159 Å². The number of hydrogen-bond acceptors (Lipinski definition) is 12. The summed E-state index contributed by atoms with van der Waals surface area (Å²) in [7, 11) is 0. The molecule has 0 aliphatic heterocycles. The molecule has 0 saturated heterocycles. The molecule has 42 heavy (non-hydrogen) atoms. The lowest BCUT2D eigenvalue weighted by molar-refractivity contribution is -0.152. The molecular weight excluding hydrogens is 550 g/mol. The van der Waals surface area contributed by atoms with Crippen LogP contribution in [0.5, 0.6) is 11.5 Å². The summed E-state index contributed by atoms with van der Waals surface area (Å²) in [5.41, 5.74) is 5.25. The molecule has 0 fully saturated rings. The maximum atomic E-state index is 12.6. The first-order valence-electron chi connectivity index (χ1n) is 13.8. The predicted octanol–water partition coefficient (Wildman–Crippen LogP) is 5.95. The van der Waals surface area contributed by atoms with Gasteiger partial charge in [0.05, 0.1) is 13.2 Å². The Morgan fingerprint density at radius 1 is 0.786 bits per heavy atom. The van der Waals surface area contributed by atoms with Crippen molar-refractivity contribution in [1.29, 1.82) is 0 Å². The van der Waals surface area contributed by atoms with Crippen molar-refractivity contribution in [3.05, 3.63) is 23.8 Å². The molecule has 0 spiro atoms. The summed E-state index contributed by atoms with van der Waals surface area (Å²) in [6.07, 6.45) is -3.06.